The Morgan fingerprint density at radius 2 is 1.78 bits per heavy atom. The molecule has 2 aromatic carbocycles. The lowest BCUT2D eigenvalue weighted by Gasteiger charge is -2.38. The molecule has 0 radical (unpaired) electrons. The van der Waals surface area contributed by atoms with Gasteiger partial charge < -0.3 is 14.1 Å². The van der Waals surface area contributed by atoms with E-state index in [4.69, 9.17) is 9.15 Å². The molecule has 1 aliphatic heterocycles. The highest BCUT2D eigenvalue weighted by Gasteiger charge is 2.32. The van der Waals surface area contributed by atoms with Gasteiger partial charge in [-0.05, 0) is 59.2 Å². The smallest absolute Gasteiger partial charge is 0.289 e. The number of benzene rings is 2. The molecule has 36 heavy (non-hydrogen) atoms. The van der Waals surface area contributed by atoms with Crippen LogP contribution in [0, 0.1) is 0 Å². The third-order valence-corrected chi connectivity index (χ3v) is 6.46. The van der Waals surface area contributed by atoms with Gasteiger partial charge >= 0.3 is 0 Å². The molecule has 1 saturated heterocycles. The van der Waals surface area contributed by atoms with Gasteiger partial charge in [0.1, 0.15) is 5.75 Å². The highest BCUT2D eigenvalue weighted by Crippen LogP contribution is 2.30. The molecule has 4 aromatic rings. The Bertz CT molecular complexity index is 1230. The number of piperazine rings is 1. The minimum Gasteiger partial charge on any atom is -0.494 e. The molecule has 0 saturated carbocycles. The molecular formula is C27H30N6O3. The molecule has 0 aliphatic carbocycles. The van der Waals surface area contributed by atoms with Gasteiger partial charge in [0.2, 0.25) is 0 Å². The van der Waals surface area contributed by atoms with Crippen molar-refractivity contribution in [2.24, 2.45) is 0 Å². The van der Waals surface area contributed by atoms with Crippen molar-refractivity contribution in [1.29, 1.82) is 0 Å². The predicted molar refractivity (Wildman–Crippen MR) is 134 cm³/mol. The van der Waals surface area contributed by atoms with Crippen molar-refractivity contribution in [2.75, 3.05) is 32.8 Å². The number of tetrazole rings is 1. The Balaban J connectivity index is 1.37. The number of aryl methyl sites for hydroxylation is 2. The number of carbonyl (C=O) groups excluding carboxylic acids is 1. The van der Waals surface area contributed by atoms with Crippen molar-refractivity contribution in [3.63, 3.8) is 0 Å². The summed E-state index contributed by atoms with van der Waals surface area (Å²) in [7, 11) is 0. The zero-order valence-electron chi connectivity index (χ0n) is 20.4. The molecule has 1 amide bonds. The van der Waals surface area contributed by atoms with Crippen LogP contribution in [-0.2, 0) is 13.0 Å². The SMILES string of the molecule is CCOc1ccc([C@@H](c2nnnn2CCc2ccccc2)N2CCN(C(=O)c3ccco3)CC2)cc1. The van der Waals surface area contributed by atoms with Crippen LogP contribution in [0.5, 0.6) is 5.75 Å². The summed E-state index contributed by atoms with van der Waals surface area (Å²) in [6.07, 6.45) is 2.36. The normalized spacial score (nSPS) is 15.1. The Kier molecular flexibility index (Phi) is 7.37. The Labute approximate surface area is 210 Å². The van der Waals surface area contributed by atoms with Crippen LogP contribution in [0.3, 0.4) is 0 Å². The lowest BCUT2D eigenvalue weighted by molar-refractivity contribution is 0.0559. The van der Waals surface area contributed by atoms with Gasteiger partial charge in [-0.3, -0.25) is 9.69 Å². The fourth-order valence-electron chi connectivity index (χ4n) is 4.62. The molecule has 186 valence electrons. The lowest BCUT2D eigenvalue weighted by Crippen LogP contribution is -2.50. The Morgan fingerprint density at radius 3 is 2.47 bits per heavy atom. The van der Waals surface area contributed by atoms with E-state index in [1.807, 2.05) is 46.8 Å². The lowest BCUT2D eigenvalue weighted by atomic mass is 10.0. The summed E-state index contributed by atoms with van der Waals surface area (Å²) in [6, 6.07) is 21.8. The summed E-state index contributed by atoms with van der Waals surface area (Å²) in [4.78, 5) is 16.9. The second kappa shape index (κ2) is 11.2. The maximum Gasteiger partial charge on any atom is 0.289 e. The van der Waals surface area contributed by atoms with E-state index >= 15 is 0 Å². The number of carbonyl (C=O) groups is 1. The molecule has 1 aliphatic rings. The first-order valence-electron chi connectivity index (χ1n) is 12.3. The van der Waals surface area contributed by atoms with Crippen molar-refractivity contribution in [3.8, 4) is 5.75 Å². The zero-order chi connectivity index (χ0) is 24.7. The quantitative estimate of drug-likeness (QED) is 0.358. The van der Waals surface area contributed by atoms with E-state index in [1.54, 1.807) is 12.1 Å². The van der Waals surface area contributed by atoms with Crippen molar-refractivity contribution in [1.82, 2.24) is 30.0 Å². The maximum atomic E-state index is 12.8. The van der Waals surface area contributed by atoms with Crippen LogP contribution < -0.4 is 4.74 Å². The molecule has 5 rings (SSSR count). The number of hydrogen-bond acceptors (Lipinski definition) is 7. The molecule has 3 heterocycles. The van der Waals surface area contributed by atoms with Crippen LogP contribution in [0.4, 0.5) is 0 Å². The van der Waals surface area contributed by atoms with E-state index in [0.717, 1.165) is 23.6 Å². The largest absolute Gasteiger partial charge is 0.494 e. The van der Waals surface area contributed by atoms with E-state index in [-0.39, 0.29) is 11.9 Å². The fraction of sp³-hybridized carbons (Fsp3) is 0.333. The highest BCUT2D eigenvalue weighted by atomic mass is 16.5. The summed E-state index contributed by atoms with van der Waals surface area (Å²) in [6.45, 7) is 5.84. The van der Waals surface area contributed by atoms with Crippen LogP contribution >= 0.6 is 0 Å². The number of aromatic nitrogens is 4. The Morgan fingerprint density at radius 1 is 1.00 bits per heavy atom. The van der Waals surface area contributed by atoms with Gasteiger partial charge in [0.05, 0.1) is 18.9 Å². The minimum atomic E-state index is -0.146. The average molecular weight is 487 g/mol. The van der Waals surface area contributed by atoms with Crippen molar-refractivity contribution >= 4 is 5.91 Å². The van der Waals surface area contributed by atoms with E-state index < -0.39 is 0 Å². The molecule has 9 heteroatoms. The van der Waals surface area contributed by atoms with Crippen molar-refractivity contribution in [2.45, 2.75) is 25.9 Å². The number of furan rings is 1. The first-order chi connectivity index (χ1) is 17.7. The molecular weight excluding hydrogens is 456 g/mol. The van der Waals surface area contributed by atoms with Crippen LogP contribution in [0.1, 0.15) is 40.5 Å². The summed E-state index contributed by atoms with van der Waals surface area (Å²) in [5.41, 5.74) is 2.32. The van der Waals surface area contributed by atoms with Gasteiger partial charge in [-0.1, -0.05) is 42.5 Å². The van der Waals surface area contributed by atoms with Gasteiger partial charge in [0, 0.05) is 32.7 Å². The number of ether oxygens (including phenoxy) is 1. The summed E-state index contributed by atoms with van der Waals surface area (Å²) >= 11 is 0. The van der Waals surface area contributed by atoms with E-state index in [2.05, 4.69) is 44.7 Å². The van der Waals surface area contributed by atoms with Crippen molar-refractivity contribution < 1.29 is 13.9 Å². The zero-order valence-corrected chi connectivity index (χ0v) is 20.4. The molecule has 9 nitrogen and oxygen atoms in total. The monoisotopic (exact) mass is 486 g/mol. The van der Waals surface area contributed by atoms with E-state index in [9.17, 15) is 4.79 Å². The third-order valence-electron chi connectivity index (χ3n) is 6.46. The number of hydrogen-bond donors (Lipinski definition) is 0. The molecule has 0 N–H and O–H groups in total. The van der Waals surface area contributed by atoms with Crippen LogP contribution in [-0.4, -0.2) is 68.7 Å². The summed E-state index contributed by atoms with van der Waals surface area (Å²) in [5.74, 6) is 1.92. The standard InChI is InChI=1S/C27H30N6O3/c1-2-35-23-12-10-22(11-13-23)25(26-28-29-30-33(26)15-14-21-7-4-3-5-8-21)31-16-18-32(19-17-31)27(34)24-9-6-20-36-24/h3-13,20,25H,2,14-19H2,1H3/t25-/m0/s1. The second-order valence-electron chi connectivity index (χ2n) is 8.71. The summed E-state index contributed by atoms with van der Waals surface area (Å²) in [5, 5.41) is 12.8. The van der Waals surface area contributed by atoms with E-state index in [1.165, 1.54) is 11.8 Å². The van der Waals surface area contributed by atoms with Crippen LogP contribution in [0.25, 0.3) is 0 Å². The molecule has 2 aromatic heterocycles. The highest BCUT2D eigenvalue weighted by molar-refractivity contribution is 5.91. The molecule has 1 atom stereocenters. The average Bonchev–Trinajstić information content (AvgIpc) is 3.62. The second-order valence-corrected chi connectivity index (χ2v) is 8.71. The molecule has 0 bridgehead atoms. The molecule has 0 spiro atoms. The number of rotatable bonds is 9. The molecule has 0 unspecified atom stereocenters. The van der Waals surface area contributed by atoms with Crippen LogP contribution in [0.2, 0.25) is 0 Å². The van der Waals surface area contributed by atoms with Crippen molar-refractivity contribution in [3.05, 3.63) is 95.7 Å². The van der Waals surface area contributed by atoms with Gasteiger partial charge in [0.25, 0.3) is 5.91 Å². The van der Waals surface area contributed by atoms with Crippen LogP contribution in [0.15, 0.2) is 77.4 Å². The van der Waals surface area contributed by atoms with E-state index in [0.29, 0.717) is 45.1 Å². The Hall–Kier alpha value is -3.98. The topological polar surface area (TPSA) is 89.5 Å². The number of amides is 1. The van der Waals surface area contributed by atoms with Gasteiger partial charge in [0.15, 0.2) is 11.6 Å². The third kappa shape index (κ3) is 5.31. The van der Waals surface area contributed by atoms with Gasteiger partial charge in [-0.25, -0.2) is 4.68 Å². The van der Waals surface area contributed by atoms with Gasteiger partial charge in [-0.15, -0.1) is 5.10 Å². The summed E-state index contributed by atoms with van der Waals surface area (Å²) < 4.78 is 12.9. The minimum absolute atomic E-state index is 0.0787. The van der Waals surface area contributed by atoms with Gasteiger partial charge in [-0.2, -0.15) is 0 Å². The predicted octanol–water partition coefficient (Wildman–Crippen LogP) is 3.45. The first kappa shape index (κ1) is 23.7. The maximum absolute atomic E-state index is 12.8. The first-order valence-corrected chi connectivity index (χ1v) is 12.3. The molecule has 1 fully saturated rings. The fourth-order valence-corrected chi connectivity index (χ4v) is 4.62. The number of nitrogens with zero attached hydrogens (tertiary/aromatic N) is 6.